The fraction of sp³-hybridized carbons (Fsp3) is 1.00. The molecule has 0 radical (unpaired) electrons. The van der Waals surface area contributed by atoms with Crippen molar-refractivity contribution in [3.8, 4) is 0 Å². The fourth-order valence-corrected chi connectivity index (χ4v) is 1.73. The summed E-state index contributed by atoms with van der Waals surface area (Å²) in [7, 11) is 0. The zero-order chi connectivity index (χ0) is 11.7. The lowest BCUT2D eigenvalue weighted by Gasteiger charge is -2.42. The molecule has 0 atom stereocenters. The van der Waals surface area contributed by atoms with Gasteiger partial charge in [-0.05, 0) is 44.6 Å². The maximum Gasteiger partial charge on any atom is 0.0161 e. The van der Waals surface area contributed by atoms with Gasteiger partial charge in [0.2, 0.25) is 0 Å². The molecule has 0 amide bonds. The lowest BCUT2D eigenvalue weighted by molar-refractivity contribution is 0.113. The second-order valence-corrected chi connectivity index (χ2v) is 6.38. The van der Waals surface area contributed by atoms with E-state index in [1.54, 1.807) is 0 Å². The van der Waals surface area contributed by atoms with Gasteiger partial charge in [-0.3, -0.25) is 0 Å². The van der Waals surface area contributed by atoms with E-state index in [0.29, 0.717) is 0 Å². The van der Waals surface area contributed by atoms with Crippen LogP contribution in [0.3, 0.4) is 0 Å². The first-order valence-electron chi connectivity index (χ1n) is 6.27. The molecule has 0 aliphatic heterocycles. The number of nitrogens with two attached hydrogens (primary N) is 1. The first-order chi connectivity index (χ1) is 6.76. The molecular formula is C13H28N2. The SMILES string of the molecule is CCN(CC1CC1)CC(C)(C)C(C)(C)N. The van der Waals surface area contributed by atoms with Crippen molar-refractivity contribution in [2.75, 3.05) is 19.6 Å². The highest BCUT2D eigenvalue weighted by molar-refractivity contribution is 4.92. The second-order valence-electron chi connectivity index (χ2n) is 6.38. The quantitative estimate of drug-likeness (QED) is 0.733. The Morgan fingerprint density at radius 3 is 2.07 bits per heavy atom. The third-order valence-electron chi connectivity index (χ3n) is 4.02. The van der Waals surface area contributed by atoms with Crippen LogP contribution in [0.2, 0.25) is 0 Å². The van der Waals surface area contributed by atoms with Gasteiger partial charge in [0.15, 0.2) is 0 Å². The smallest absolute Gasteiger partial charge is 0.0161 e. The molecule has 1 aliphatic rings. The van der Waals surface area contributed by atoms with E-state index in [-0.39, 0.29) is 11.0 Å². The third kappa shape index (κ3) is 3.76. The minimum Gasteiger partial charge on any atom is -0.325 e. The minimum absolute atomic E-state index is 0.107. The van der Waals surface area contributed by atoms with Crippen LogP contribution in [0, 0.1) is 11.3 Å². The van der Waals surface area contributed by atoms with E-state index in [2.05, 4.69) is 39.5 Å². The van der Waals surface area contributed by atoms with Crippen molar-refractivity contribution in [2.24, 2.45) is 17.1 Å². The van der Waals surface area contributed by atoms with Crippen molar-refractivity contribution < 1.29 is 0 Å². The van der Waals surface area contributed by atoms with E-state index in [1.165, 1.54) is 19.4 Å². The Hall–Kier alpha value is -0.0800. The molecule has 0 heterocycles. The summed E-state index contributed by atoms with van der Waals surface area (Å²) in [6.45, 7) is 14.6. The van der Waals surface area contributed by atoms with Crippen LogP contribution < -0.4 is 5.73 Å². The maximum absolute atomic E-state index is 6.24. The van der Waals surface area contributed by atoms with Gasteiger partial charge in [-0.25, -0.2) is 0 Å². The standard InChI is InChI=1S/C13H28N2/c1-6-15(9-11-7-8-11)10-12(2,3)13(4,5)14/h11H,6-10,14H2,1-5H3. The Labute approximate surface area is 95.2 Å². The summed E-state index contributed by atoms with van der Waals surface area (Å²) >= 11 is 0. The number of hydrogen-bond acceptors (Lipinski definition) is 2. The van der Waals surface area contributed by atoms with Crippen LogP contribution >= 0.6 is 0 Å². The van der Waals surface area contributed by atoms with Gasteiger partial charge in [0, 0.05) is 18.6 Å². The normalized spacial score (nSPS) is 18.6. The molecule has 0 bridgehead atoms. The largest absolute Gasteiger partial charge is 0.325 e. The average molecular weight is 212 g/mol. The van der Waals surface area contributed by atoms with E-state index in [1.807, 2.05) is 0 Å². The molecule has 0 aromatic rings. The van der Waals surface area contributed by atoms with Crippen molar-refractivity contribution >= 4 is 0 Å². The van der Waals surface area contributed by atoms with Crippen LogP contribution in [-0.2, 0) is 0 Å². The Balaban J connectivity index is 2.48. The van der Waals surface area contributed by atoms with E-state index < -0.39 is 0 Å². The molecule has 0 aromatic heterocycles. The molecule has 2 N–H and O–H groups in total. The van der Waals surface area contributed by atoms with Gasteiger partial charge in [0.25, 0.3) is 0 Å². The zero-order valence-corrected chi connectivity index (χ0v) is 11.1. The molecule has 0 unspecified atom stereocenters. The zero-order valence-electron chi connectivity index (χ0n) is 11.1. The topological polar surface area (TPSA) is 29.3 Å². The molecule has 1 fully saturated rings. The molecule has 1 aliphatic carbocycles. The van der Waals surface area contributed by atoms with Crippen molar-refractivity contribution in [1.29, 1.82) is 0 Å². The van der Waals surface area contributed by atoms with Crippen LogP contribution in [0.5, 0.6) is 0 Å². The number of nitrogens with zero attached hydrogens (tertiary/aromatic N) is 1. The highest BCUT2D eigenvalue weighted by Crippen LogP contribution is 2.33. The van der Waals surface area contributed by atoms with Crippen LogP contribution in [0.15, 0.2) is 0 Å². The van der Waals surface area contributed by atoms with E-state index >= 15 is 0 Å². The van der Waals surface area contributed by atoms with Gasteiger partial charge in [0.1, 0.15) is 0 Å². The molecule has 2 heteroatoms. The molecular weight excluding hydrogens is 184 g/mol. The second kappa shape index (κ2) is 4.42. The van der Waals surface area contributed by atoms with Crippen LogP contribution in [0.1, 0.15) is 47.5 Å². The summed E-state index contributed by atoms with van der Waals surface area (Å²) in [4.78, 5) is 2.56. The first kappa shape index (κ1) is 13.0. The number of hydrogen-bond donors (Lipinski definition) is 1. The maximum atomic E-state index is 6.24. The van der Waals surface area contributed by atoms with Crippen LogP contribution in [-0.4, -0.2) is 30.1 Å². The lowest BCUT2D eigenvalue weighted by Crippen LogP contribution is -2.53. The molecule has 1 saturated carbocycles. The summed E-state index contributed by atoms with van der Waals surface area (Å²) in [5, 5.41) is 0. The van der Waals surface area contributed by atoms with Gasteiger partial charge in [-0.1, -0.05) is 20.8 Å². The highest BCUT2D eigenvalue weighted by Gasteiger charge is 2.35. The Morgan fingerprint density at radius 1 is 1.20 bits per heavy atom. The van der Waals surface area contributed by atoms with Crippen LogP contribution in [0.4, 0.5) is 0 Å². The Kier molecular flexibility index (Phi) is 3.83. The highest BCUT2D eigenvalue weighted by atomic mass is 15.1. The molecule has 0 aromatic carbocycles. The van der Waals surface area contributed by atoms with Gasteiger partial charge < -0.3 is 10.6 Å². The van der Waals surface area contributed by atoms with Gasteiger partial charge in [0.05, 0.1) is 0 Å². The average Bonchev–Trinajstić information content (AvgIpc) is 2.84. The minimum atomic E-state index is -0.107. The first-order valence-corrected chi connectivity index (χ1v) is 6.27. The van der Waals surface area contributed by atoms with E-state index in [0.717, 1.165) is 19.0 Å². The molecule has 0 saturated heterocycles. The molecule has 15 heavy (non-hydrogen) atoms. The van der Waals surface area contributed by atoms with Crippen molar-refractivity contribution in [3.63, 3.8) is 0 Å². The van der Waals surface area contributed by atoms with Gasteiger partial charge in [-0.2, -0.15) is 0 Å². The Bertz CT molecular complexity index is 199. The Morgan fingerprint density at radius 2 is 1.73 bits per heavy atom. The molecule has 1 rings (SSSR count). The summed E-state index contributed by atoms with van der Waals surface area (Å²) in [6, 6.07) is 0. The summed E-state index contributed by atoms with van der Waals surface area (Å²) in [5.41, 5.74) is 6.31. The van der Waals surface area contributed by atoms with E-state index in [9.17, 15) is 0 Å². The van der Waals surface area contributed by atoms with E-state index in [4.69, 9.17) is 5.73 Å². The van der Waals surface area contributed by atoms with Crippen molar-refractivity contribution in [2.45, 2.75) is 53.0 Å². The summed E-state index contributed by atoms with van der Waals surface area (Å²) in [5.74, 6) is 0.974. The third-order valence-corrected chi connectivity index (χ3v) is 4.02. The molecule has 2 nitrogen and oxygen atoms in total. The van der Waals surface area contributed by atoms with Crippen LogP contribution in [0.25, 0.3) is 0 Å². The molecule has 0 spiro atoms. The lowest BCUT2D eigenvalue weighted by atomic mass is 9.75. The number of rotatable bonds is 6. The van der Waals surface area contributed by atoms with Gasteiger partial charge in [-0.15, -0.1) is 0 Å². The predicted molar refractivity (Wildman–Crippen MR) is 66.9 cm³/mol. The summed E-state index contributed by atoms with van der Waals surface area (Å²) in [6.07, 6.45) is 2.87. The summed E-state index contributed by atoms with van der Waals surface area (Å²) < 4.78 is 0. The molecule has 90 valence electrons. The predicted octanol–water partition coefficient (Wildman–Crippen LogP) is 2.48. The fourth-order valence-electron chi connectivity index (χ4n) is 1.73. The van der Waals surface area contributed by atoms with Gasteiger partial charge >= 0.3 is 0 Å². The van der Waals surface area contributed by atoms with Crippen molar-refractivity contribution in [1.82, 2.24) is 4.90 Å². The van der Waals surface area contributed by atoms with Crippen molar-refractivity contribution in [3.05, 3.63) is 0 Å². The monoisotopic (exact) mass is 212 g/mol.